The number of benzene rings is 1. The summed E-state index contributed by atoms with van der Waals surface area (Å²) in [7, 11) is 2.25. The van der Waals surface area contributed by atoms with E-state index in [1.54, 1.807) is 0 Å². The summed E-state index contributed by atoms with van der Waals surface area (Å²) >= 11 is 0. The highest BCUT2D eigenvalue weighted by Crippen LogP contribution is 2.36. The number of nitriles is 1. The van der Waals surface area contributed by atoms with Crippen molar-refractivity contribution in [3.05, 3.63) is 29.8 Å². The summed E-state index contributed by atoms with van der Waals surface area (Å²) in [6, 6.07) is 10.3. The lowest BCUT2D eigenvalue weighted by molar-refractivity contribution is -0.00470. The predicted molar refractivity (Wildman–Crippen MR) is 166 cm³/mol. The molecule has 4 rings (SSSR count). The molecule has 0 spiro atoms. The summed E-state index contributed by atoms with van der Waals surface area (Å²) in [6.07, 6.45) is 6.52. The van der Waals surface area contributed by atoms with Crippen molar-refractivity contribution >= 4 is 5.69 Å². The van der Waals surface area contributed by atoms with Gasteiger partial charge in [0.1, 0.15) is 0 Å². The van der Waals surface area contributed by atoms with Gasteiger partial charge in [0.05, 0.1) is 17.7 Å². The summed E-state index contributed by atoms with van der Waals surface area (Å²) in [4.78, 5) is 13.1. The Balaban J connectivity index is 1.37. The Morgan fingerprint density at radius 1 is 0.700 bits per heavy atom. The molecule has 1 aromatic rings. The monoisotopic (exact) mass is 552 g/mol. The smallest absolute Gasteiger partial charge is 0.0991 e. The number of hydrogen-bond acceptors (Lipinski definition) is 7. The zero-order valence-corrected chi connectivity index (χ0v) is 26.3. The number of piperazine rings is 2. The summed E-state index contributed by atoms with van der Waals surface area (Å²) < 4.78 is 0. The number of anilines is 1. The average Bonchev–Trinajstić information content (AvgIpc) is 2.96. The molecular formula is C33H56N6O. The minimum atomic E-state index is -0.115. The summed E-state index contributed by atoms with van der Waals surface area (Å²) in [5, 5.41) is 19.2. The van der Waals surface area contributed by atoms with Gasteiger partial charge in [-0.3, -0.25) is 14.7 Å². The highest BCUT2D eigenvalue weighted by molar-refractivity contribution is 5.50. The maximum atomic E-state index is 10.0. The summed E-state index contributed by atoms with van der Waals surface area (Å²) in [5.74, 6) is 0. The molecule has 3 saturated heterocycles. The first kappa shape index (κ1) is 31.3. The number of hydrogen-bond donors (Lipinski definition) is 1. The second kappa shape index (κ2) is 13.1. The molecule has 1 atom stereocenters. The molecule has 40 heavy (non-hydrogen) atoms. The Kier molecular flexibility index (Phi) is 10.2. The van der Waals surface area contributed by atoms with E-state index in [2.05, 4.69) is 84.4 Å². The van der Waals surface area contributed by atoms with Crippen molar-refractivity contribution in [1.29, 1.82) is 5.26 Å². The van der Waals surface area contributed by atoms with Crippen LogP contribution < -0.4 is 4.90 Å². The molecule has 1 aromatic carbocycles. The molecule has 0 aromatic heterocycles. The minimum Gasteiger partial charge on any atom is -0.393 e. The maximum absolute atomic E-state index is 10.0. The van der Waals surface area contributed by atoms with Crippen LogP contribution in [0.3, 0.4) is 0 Å². The van der Waals surface area contributed by atoms with E-state index in [1.165, 1.54) is 31.4 Å². The third-order valence-corrected chi connectivity index (χ3v) is 10.6. The zero-order chi connectivity index (χ0) is 29.0. The normalized spacial score (nSPS) is 23.2. The van der Waals surface area contributed by atoms with Crippen LogP contribution in [0.1, 0.15) is 78.7 Å². The van der Waals surface area contributed by atoms with Gasteiger partial charge in [0.25, 0.3) is 0 Å². The Labute approximate surface area is 244 Å². The number of aliphatic hydroxyl groups is 1. The molecule has 0 aliphatic carbocycles. The van der Waals surface area contributed by atoms with Crippen LogP contribution in [0.25, 0.3) is 0 Å². The molecule has 0 radical (unpaired) electrons. The fourth-order valence-corrected chi connectivity index (χ4v) is 7.04. The van der Waals surface area contributed by atoms with Crippen LogP contribution in [0, 0.1) is 11.3 Å². The Morgan fingerprint density at radius 2 is 1.18 bits per heavy atom. The molecule has 3 heterocycles. The highest BCUT2D eigenvalue weighted by atomic mass is 16.3. The first-order valence-corrected chi connectivity index (χ1v) is 15.8. The van der Waals surface area contributed by atoms with Gasteiger partial charge in [-0.15, -0.1) is 0 Å². The van der Waals surface area contributed by atoms with Crippen LogP contribution in [0.2, 0.25) is 0 Å². The van der Waals surface area contributed by atoms with Gasteiger partial charge in [-0.25, -0.2) is 0 Å². The van der Waals surface area contributed by atoms with Gasteiger partial charge in [0.15, 0.2) is 0 Å². The SMILES string of the molecule is CN1CCN(C(C)(CCC(C)(C)N2CCC(O)CC2)CCC(C)(C)N2CCN(c3ccc(C#N)cc3)CC2)CC1. The van der Waals surface area contributed by atoms with Crippen LogP contribution in [0.15, 0.2) is 24.3 Å². The lowest BCUT2D eigenvalue weighted by Crippen LogP contribution is -2.58. The van der Waals surface area contributed by atoms with E-state index < -0.39 is 0 Å². The topological polar surface area (TPSA) is 60.2 Å². The molecule has 3 aliphatic heterocycles. The number of likely N-dealkylation sites (tertiary alicyclic amines) is 1. The van der Waals surface area contributed by atoms with Crippen molar-refractivity contribution in [1.82, 2.24) is 19.6 Å². The maximum Gasteiger partial charge on any atom is 0.0991 e. The lowest BCUT2D eigenvalue weighted by atomic mass is 9.79. The second-order valence-electron chi connectivity index (χ2n) is 14.3. The summed E-state index contributed by atoms with van der Waals surface area (Å²) in [6.45, 7) is 23.2. The number of likely N-dealkylation sites (N-methyl/N-ethyl adjacent to an activating group) is 1. The van der Waals surface area contributed by atoms with Crippen molar-refractivity contribution in [3.8, 4) is 6.07 Å². The van der Waals surface area contributed by atoms with E-state index >= 15 is 0 Å². The molecule has 0 bridgehead atoms. The van der Waals surface area contributed by atoms with Crippen molar-refractivity contribution in [2.24, 2.45) is 0 Å². The molecule has 7 heteroatoms. The zero-order valence-electron chi connectivity index (χ0n) is 26.3. The predicted octanol–water partition coefficient (Wildman–Crippen LogP) is 4.26. The number of aliphatic hydroxyl groups excluding tert-OH is 1. The van der Waals surface area contributed by atoms with E-state index in [0.717, 1.165) is 83.9 Å². The van der Waals surface area contributed by atoms with Gasteiger partial charge in [-0.2, -0.15) is 5.26 Å². The minimum absolute atomic E-state index is 0.115. The highest BCUT2D eigenvalue weighted by Gasteiger charge is 2.39. The van der Waals surface area contributed by atoms with Gasteiger partial charge >= 0.3 is 0 Å². The van der Waals surface area contributed by atoms with Gasteiger partial charge in [0, 0.05) is 87.8 Å². The Hall–Kier alpha value is -1.69. The van der Waals surface area contributed by atoms with Crippen LogP contribution in [0.5, 0.6) is 0 Å². The molecule has 224 valence electrons. The van der Waals surface area contributed by atoms with Crippen LogP contribution in [0.4, 0.5) is 5.69 Å². The quantitative estimate of drug-likeness (QED) is 0.465. The van der Waals surface area contributed by atoms with E-state index in [-0.39, 0.29) is 22.7 Å². The molecule has 3 aliphatic rings. The summed E-state index contributed by atoms with van der Waals surface area (Å²) in [5.41, 5.74) is 2.46. The molecule has 0 amide bonds. The third kappa shape index (κ3) is 7.77. The molecule has 0 saturated carbocycles. The largest absolute Gasteiger partial charge is 0.393 e. The molecular weight excluding hydrogens is 496 g/mol. The Bertz CT molecular complexity index is 964. The number of piperidine rings is 1. The first-order chi connectivity index (χ1) is 18.9. The number of nitrogens with zero attached hydrogens (tertiary/aromatic N) is 6. The van der Waals surface area contributed by atoms with Gasteiger partial charge in [-0.1, -0.05) is 0 Å². The van der Waals surface area contributed by atoms with E-state index in [0.29, 0.717) is 0 Å². The van der Waals surface area contributed by atoms with Gasteiger partial charge < -0.3 is 14.9 Å². The third-order valence-electron chi connectivity index (χ3n) is 10.6. The fourth-order valence-electron chi connectivity index (χ4n) is 7.04. The van der Waals surface area contributed by atoms with Crippen molar-refractivity contribution < 1.29 is 5.11 Å². The van der Waals surface area contributed by atoms with Crippen molar-refractivity contribution in [3.63, 3.8) is 0 Å². The Morgan fingerprint density at radius 3 is 1.68 bits per heavy atom. The van der Waals surface area contributed by atoms with E-state index in [1.807, 2.05) is 12.1 Å². The van der Waals surface area contributed by atoms with Gasteiger partial charge in [-0.05, 0) is 104 Å². The fraction of sp³-hybridized carbons (Fsp3) is 0.788. The van der Waals surface area contributed by atoms with Gasteiger partial charge in [0.2, 0.25) is 0 Å². The van der Waals surface area contributed by atoms with E-state index in [9.17, 15) is 5.11 Å². The van der Waals surface area contributed by atoms with E-state index in [4.69, 9.17) is 5.26 Å². The van der Waals surface area contributed by atoms with Crippen LogP contribution in [-0.2, 0) is 0 Å². The van der Waals surface area contributed by atoms with Crippen LogP contribution >= 0.6 is 0 Å². The first-order valence-electron chi connectivity index (χ1n) is 15.8. The molecule has 3 fully saturated rings. The average molecular weight is 553 g/mol. The van der Waals surface area contributed by atoms with Crippen LogP contribution in [-0.4, -0.2) is 120 Å². The second-order valence-corrected chi connectivity index (χ2v) is 14.3. The number of rotatable bonds is 10. The lowest BCUT2D eigenvalue weighted by Gasteiger charge is -2.50. The molecule has 7 nitrogen and oxygen atoms in total. The van der Waals surface area contributed by atoms with Crippen molar-refractivity contribution in [2.45, 2.75) is 95.9 Å². The standard InChI is InChI=1S/C33H56N6O/c1-31(2,37-17-11-30(40)12-18-37)13-15-33(5,39-23-19-35(6)20-24-39)16-14-32(3,4)38-25-21-36(22-26-38)29-9-7-28(27-34)8-10-29/h7-10,30,40H,11-26H2,1-6H3. The van der Waals surface area contributed by atoms with Crippen molar-refractivity contribution in [2.75, 3.05) is 77.4 Å². The molecule has 1 N–H and O–H groups in total. The molecule has 1 unspecified atom stereocenters.